The molecular weight excluding hydrogens is 284 g/mol. The van der Waals surface area contributed by atoms with Gasteiger partial charge in [-0.1, -0.05) is 59.6 Å². The van der Waals surface area contributed by atoms with Crippen LogP contribution in [0.2, 0.25) is 0 Å². The first-order valence-electron chi connectivity index (χ1n) is 7.26. The van der Waals surface area contributed by atoms with Crippen molar-refractivity contribution >= 4 is 15.9 Å². The lowest BCUT2D eigenvalue weighted by molar-refractivity contribution is 0.223. The monoisotopic (exact) mass is 308 g/mol. The number of hydrogen-bond acceptors (Lipinski definition) is 0. The topological polar surface area (TPSA) is 0 Å². The van der Waals surface area contributed by atoms with Gasteiger partial charge < -0.3 is 0 Å². The molecule has 1 aliphatic carbocycles. The van der Waals surface area contributed by atoms with E-state index in [1.54, 1.807) is 0 Å². The van der Waals surface area contributed by atoms with E-state index in [0.29, 0.717) is 4.83 Å². The molecule has 1 aromatic carbocycles. The second-order valence-corrected chi connectivity index (χ2v) is 7.46. The molecule has 1 aliphatic rings. The smallest absolute Gasteiger partial charge is 0.0177 e. The molecule has 0 nitrogen and oxygen atoms in total. The first-order chi connectivity index (χ1) is 8.56. The Hall–Kier alpha value is -0.300. The third kappa shape index (κ3) is 3.60. The quantitative estimate of drug-likeness (QED) is 0.658. The second-order valence-electron chi connectivity index (χ2n) is 6.29. The van der Waals surface area contributed by atoms with Crippen LogP contribution in [0.1, 0.15) is 44.2 Å². The Bertz CT molecular complexity index is 383. The molecule has 0 saturated heterocycles. The van der Waals surface area contributed by atoms with Crippen molar-refractivity contribution in [2.75, 3.05) is 0 Å². The fraction of sp³-hybridized carbons (Fsp3) is 0.647. The summed E-state index contributed by atoms with van der Waals surface area (Å²) in [6.45, 7) is 6.94. The molecule has 1 heteroatoms. The highest BCUT2D eigenvalue weighted by Gasteiger charge is 2.30. The lowest BCUT2D eigenvalue weighted by Gasteiger charge is -2.35. The van der Waals surface area contributed by atoms with E-state index in [-0.39, 0.29) is 0 Å². The summed E-state index contributed by atoms with van der Waals surface area (Å²) in [5.41, 5.74) is 2.89. The average molecular weight is 309 g/mol. The van der Waals surface area contributed by atoms with Crippen LogP contribution in [0, 0.1) is 24.7 Å². The standard InChI is InChI=1S/C17H25Br/c1-12(2)15-7-8-17(18)16(11-15)10-14-6-4-5-13(3)9-14/h4-6,9,12,15-17H,7-8,10-11H2,1-3H3. The first-order valence-corrected chi connectivity index (χ1v) is 8.17. The summed E-state index contributed by atoms with van der Waals surface area (Å²) in [5, 5.41) is 0. The first kappa shape index (κ1) is 14.1. The Morgan fingerprint density at radius 3 is 2.72 bits per heavy atom. The molecule has 0 amide bonds. The van der Waals surface area contributed by atoms with Gasteiger partial charge in [0.1, 0.15) is 0 Å². The van der Waals surface area contributed by atoms with Gasteiger partial charge in [-0.3, -0.25) is 0 Å². The highest BCUT2D eigenvalue weighted by atomic mass is 79.9. The van der Waals surface area contributed by atoms with Crippen LogP contribution < -0.4 is 0 Å². The summed E-state index contributed by atoms with van der Waals surface area (Å²) in [6.07, 6.45) is 5.37. The molecule has 3 atom stereocenters. The maximum absolute atomic E-state index is 3.91. The minimum absolute atomic E-state index is 0.716. The lowest BCUT2D eigenvalue weighted by Crippen LogP contribution is -2.29. The van der Waals surface area contributed by atoms with E-state index in [0.717, 1.165) is 17.8 Å². The molecule has 1 fully saturated rings. The lowest BCUT2D eigenvalue weighted by atomic mass is 9.74. The van der Waals surface area contributed by atoms with Gasteiger partial charge in [-0.05, 0) is 55.9 Å². The van der Waals surface area contributed by atoms with Crippen LogP contribution >= 0.6 is 15.9 Å². The van der Waals surface area contributed by atoms with Gasteiger partial charge in [-0.2, -0.15) is 0 Å². The van der Waals surface area contributed by atoms with E-state index in [1.165, 1.54) is 36.8 Å². The van der Waals surface area contributed by atoms with Gasteiger partial charge in [0.2, 0.25) is 0 Å². The summed E-state index contributed by atoms with van der Waals surface area (Å²) >= 11 is 3.91. The number of hydrogen-bond donors (Lipinski definition) is 0. The van der Waals surface area contributed by atoms with E-state index in [4.69, 9.17) is 0 Å². The maximum atomic E-state index is 3.91. The number of rotatable bonds is 3. The Kier molecular flexibility index (Phi) is 4.89. The Morgan fingerprint density at radius 1 is 1.28 bits per heavy atom. The molecule has 18 heavy (non-hydrogen) atoms. The molecule has 0 radical (unpaired) electrons. The predicted octanol–water partition coefficient (Wildman–Crippen LogP) is 5.37. The molecule has 1 aromatic rings. The van der Waals surface area contributed by atoms with Gasteiger partial charge >= 0.3 is 0 Å². The normalized spacial score (nSPS) is 28.6. The largest absolute Gasteiger partial charge is 0.0888 e. The zero-order valence-corrected chi connectivity index (χ0v) is 13.4. The Balaban J connectivity index is 2.02. The van der Waals surface area contributed by atoms with Crippen molar-refractivity contribution in [3.05, 3.63) is 35.4 Å². The van der Waals surface area contributed by atoms with Crippen LogP contribution in [0.15, 0.2) is 24.3 Å². The molecule has 0 spiro atoms. The van der Waals surface area contributed by atoms with Crippen LogP contribution in [0.4, 0.5) is 0 Å². The molecular formula is C17H25Br. The van der Waals surface area contributed by atoms with Crippen molar-refractivity contribution in [1.82, 2.24) is 0 Å². The molecule has 0 N–H and O–H groups in total. The third-order valence-electron chi connectivity index (χ3n) is 4.45. The van der Waals surface area contributed by atoms with Crippen molar-refractivity contribution in [2.24, 2.45) is 17.8 Å². The van der Waals surface area contributed by atoms with Crippen molar-refractivity contribution in [3.8, 4) is 0 Å². The summed E-state index contributed by atoms with van der Waals surface area (Å²) in [7, 11) is 0. The average Bonchev–Trinajstić information content (AvgIpc) is 2.31. The fourth-order valence-electron chi connectivity index (χ4n) is 3.22. The van der Waals surface area contributed by atoms with Gasteiger partial charge in [0.15, 0.2) is 0 Å². The van der Waals surface area contributed by atoms with Gasteiger partial charge in [0.05, 0.1) is 0 Å². The van der Waals surface area contributed by atoms with Crippen LogP contribution in [0.25, 0.3) is 0 Å². The fourth-order valence-corrected chi connectivity index (χ4v) is 3.89. The SMILES string of the molecule is Cc1cccc(CC2CC(C(C)C)CCC2Br)c1. The minimum Gasteiger partial charge on any atom is -0.0888 e. The summed E-state index contributed by atoms with van der Waals surface area (Å²) in [5.74, 6) is 2.58. The molecule has 0 bridgehead atoms. The third-order valence-corrected chi connectivity index (χ3v) is 5.66. The maximum Gasteiger partial charge on any atom is 0.0177 e. The van der Waals surface area contributed by atoms with E-state index < -0.39 is 0 Å². The molecule has 1 saturated carbocycles. The molecule has 3 unspecified atom stereocenters. The highest BCUT2D eigenvalue weighted by Crippen LogP contribution is 2.38. The Morgan fingerprint density at radius 2 is 2.06 bits per heavy atom. The van der Waals surface area contributed by atoms with Gasteiger partial charge in [0, 0.05) is 4.83 Å². The second kappa shape index (κ2) is 6.23. The van der Waals surface area contributed by atoms with Crippen LogP contribution in [-0.4, -0.2) is 4.83 Å². The van der Waals surface area contributed by atoms with Crippen molar-refractivity contribution < 1.29 is 0 Å². The minimum atomic E-state index is 0.716. The number of halogens is 1. The zero-order chi connectivity index (χ0) is 13.1. The molecule has 100 valence electrons. The van der Waals surface area contributed by atoms with Crippen molar-refractivity contribution in [1.29, 1.82) is 0 Å². The molecule has 0 aliphatic heterocycles. The number of aryl methyl sites for hydroxylation is 1. The highest BCUT2D eigenvalue weighted by molar-refractivity contribution is 9.09. The van der Waals surface area contributed by atoms with Crippen molar-refractivity contribution in [3.63, 3.8) is 0 Å². The Labute approximate surface area is 120 Å². The van der Waals surface area contributed by atoms with Crippen molar-refractivity contribution in [2.45, 2.75) is 51.3 Å². The summed E-state index contributed by atoms with van der Waals surface area (Å²) < 4.78 is 0. The molecule has 0 heterocycles. The molecule has 0 aromatic heterocycles. The van der Waals surface area contributed by atoms with Gasteiger partial charge in [-0.25, -0.2) is 0 Å². The van der Waals surface area contributed by atoms with E-state index in [1.807, 2.05) is 0 Å². The summed E-state index contributed by atoms with van der Waals surface area (Å²) in [4.78, 5) is 0.716. The van der Waals surface area contributed by atoms with Gasteiger partial charge in [0.25, 0.3) is 0 Å². The van der Waals surface area contributed by atoms with Crippen LogP contribution in [0.3, 0.4) is 0 Å². The van der Waals surface area contributed by atoms with Crippen LogP contribution in [-0.2, 0) is 6.42 Å². The van der Waals surface area contributed by atoms with E-state index in [9.17, 15) is 0 Å². The number of benzene rings is 1. The van der Waals surface area contributed by atoms with Gasteiger partial charge in [-0.15, -0.1) is 0 Å². The summed E-state index contributed by atoms with van der Waals surface area (Å²) in [6, 6.07) is 9.01. The predicted molar refractivity (Wildman–Crippen MR) is 83.3 cm³/mol. The number of alkyl halides is 1. The molecule has 2 rings (SSSR count). The van der Waals surface area contributed by atoms with E-state index >= 15 is 0 Å². The zero-order valence-electron chi connectivity index (χ0n) is 11.8. The van der Waals surface area contributed by atoms with Crippen LogP contribution in [0.5, 0.6) is 0 Å². The van der Waals surface area contributed by atoms with E-state index in [2.05, 4.69) is 61.0 Å².